The molecule has 3 aromatic rings. The molecule has 0 radical (unpaired) electrons. The summed E-state index contributed by atoms with van der Waals surface area (Å²) in [4.78, 5) is 45.3. The fourth-order valence-electron chi connectivity index (χ4n) is 4.89. The molecule has 1 atom stereocenters. The van der Waals surface area contributed by atoms with Crippen molar-refractivity contribution in [2.24, 2.45) is 5.92 Å². The third-order valence-electron chi connectivity index (χ3n) is 6.53. The van der Waals surface area contributed by atoms with Gasteiger partial charge in [0, 0.05) is 25.9 Å². The molecule has 2 aromatic heterocycles. The molecule has 0 saturated heterocycles. The van der Waals surface area contributed by atoms with Crippen LogP contribution in [0.1, 0.15) is 75.9 Å². The van der Waals surface area contributed by atoms with Crippen molar-refractivity contribution in [1.82, 2.24) is 24.4 Å². The zero-order valence-corrected chi connectivity index (χ0v) is 20.4. The number of nitrogens with one attached hydrogen (secondary N) is 2. The molecule has 0 fully saturated rings. The molecule has 34 heavy (non-hydrogen) atoms. The number of nitrogens with zero attached hydrogens (tertiary/aromatic N) is 3. The minimum Gasteiger partial charge on any atom is -0.349 e. The molecular weight excluding hydrogens is 430 g/mol. The average molecular weight is 466 g/mol. The van der Waals surface area contributed by atoms with Gasteiger partial charge in [-0.2, -0.15) is 0 Å². The second-order valence-corrected chi connectivity index (χ2v) is 9.68. The minimum absolute atomic E-state index is 0.0258. The molecule has 1 aliphatic carbocycles. The molecule has 0 saturated carbocycles. The molecule has 1 aliphatic rings. The van der Waals surface area contributed by atoms with Gasteiger partial charge in [-0.05, 0) is 42.7 Å². The monoisotopic (exact) mass is 465 g/mol. The lowest BCUT2D eigenvalue weighted by atomic mass is 9.87. The van der Waals surface area contributed by atoms with Crippen molar-refractivity contribution < 1.29 is 4.79 Å². The van der Waals surface area contributed by atoms with Gasteiger partial charge in [-0.3, -0.25) is 19.1 Å². The van der Waals surface area contributed by atoms with Crippen LogP contribution in [0.4, 0.5) is 0 Å². The standard InChI is InChI=1S/C26H35N5O3/c1-4-5-15-30-24-23(25(33)29-26(30)34)31(16-17(2)3)21(28-24)13-14-22(32)27-20-12-8-10-18-9-6-7-11-19(18)20/h6-7,9,11,17,20H,4-5,8,10,12-16H2,1-3H3,(H,27,32)(H,29,33,34). The first kappa shape index (κ1) is 24.0. The van der Waals surface area contributed by atoms with Crippen molar-refractivity contribution in [2.75, 3.05) is 0 Å². The first-order chi connectivity index (χ1) is 16.4. The first-order valence-electron chi connectivity index (χ1n) is 12.5. The summed E-state index contributed by atoms with van der Waals surface area (Å²) in [6.07, 6.45) is 5.48. The van der Waals surface area contributed by atoms with E-state index in [0.29, 0.717) is 36.5 Å². The van der Waals surface area contributed by atoms with Gasteiger partial charge in [0.15, 0.2) is 11.2 Å². The van der Waals surface area contributed by atoms with Crippen molar-refractivity contribution >= 4 is 17.1 Å². The van der Waals surface area contributed by atoms with Gasteiger partial charge in [0.2, 0.25) is 5.91 Å². The van der Waals surface area contributed by atoms with Gasteiger partial charge in [0.25, 0.3) is 5.56 Å². The number of aromatic nitrogens is 4. The number of imidazole rings is 1. The van der Waals surface area contributed by atoms with Crippen LogP contribution in [0.2, 0.25) is 0 Å². The zero-order chi connectivity index (χ0) is 24.2. The predicted octanol–water partition coefficient (Wildman–Crippen LogP) is 3.47. The smallest absolute Gasteiger partial charge is 0.330 e. The van der Waals surface area contributed by atoms with E-state index in [2.05, 4.69) is 43.2 Å². The molecule has 1 amide bonds. The maximum atomic E-state index is 12.9. The molecule has 8 heteroatoms. The number of hydrogen-bond acceptors (Lipinski definition) is 4. The fourth-order valence-corrected chi connectivity index (χ4v) is 4.89. The first-order valence-corrected chi connectivity index (χ1v) is 12.5. The quantitative estimate of drug-likeness (QED) is 0.505. The Morgan fingerprint density at radius 2 is 2.03 bits per heavy atom. The highest BCUT2D eigenvalue weighted by Crippen LogP contribution is 2.29. The lowest BCUT2D eigenvalue weighted by Gasteiger charge is -2.26. The minimum atomic E-state index is -0.430. The van der Waals surface area contributed by atoms with Crippen LogP contribution in [0.15, 0.2) is 33.9 Å². The van der Waals surface area contributed by atoms with Crippen LogP contribution in [0.5, 0.6) is 0 Å². The van der Waals surface area contributed by atoms with Crippen molar-refractivity contribution in [3.8, 4) is 0 Å². The van der Waals surface area contributed by atoms with E-state index in [9.17, 15) is 14.4 Å². The molecule has 2 heterocycles. The van der Waals surface area contributed by atoms with Gasteiger partial charge < -0.3 is 9.88 Å². The van der Waals surface area contributed by atoms with Crippen LogP contribution in [0.3, 0.4) is 0 Å². The summed E-state index contributed by atoms with van der Waals surface area (Å²) < 4.78 is 3.45. The molecule has 1 aromatic carbocycles. The number of aryl methyl sites for hydroxylation is 3. The normalized spacial score (nSPS) is 15.6. The van der Waals surface area contributed by atoms with E-state index in [0.717, 1.165) is 32.1 Å². The number of carbonyl (C=O) groups is 1. The van der Waals surface area contributed by atoms with Gasteiger partial charge in [0.05, 0.1) is 6.04 Å². The molecule has 4 rings (SSSR count). The van der Waals surface area contributed by atoms with Gasteiger partial charge in [-0.25, -0.2) is 9.78 Å². The third kappa shape index (κ3) is 5.00. The number of benzene rings is 1. The van der Waals surface area contributed by atoms with Crippen molar-refractivity contribution in [3.63, 3.8) is 0 Å². The largest absolute Gasteiger partial charge is 0.349 e. The van der Waals surface area contributed by atoms with E-state index in [1.165, 1.54) is 11.1 Å². The summed E-state index contributed by atoms with van der Waals surface area (Å²) in [7, 11) is 0. The zero-order valence-electron chi connectivity index (χ0n) is 20.4. The van der Waals surface area contributed by atoms with E-state index < -0.39 is 11.2 Å². The average Bonchev–Trinajstić information content (AvgIpc) is 3.15. The molecule has 8 nitrogen and oxygen atoms in total. The van der Waals surface area contributed by atoms with Gasteiger partial charge >= 0.3 is 5.69 Å². The van der Waals surface area contributed by atoms with E-state index in [-0.39, 0.29) is 24.3 Å². The van der Waals surface area contributed by atoms with Crippen LogP contribution >= 0.6 is 0 Å². The van der Waals surface area contributed by atoms with E-state index in [4.69, 9.17) is 4.98 Å². The third-order valence-corrected chi connectivity index (χ3v) is 6.53. The van der Waals surface area contributed by atoms with Crippen molar-refractivity contribution in [2.45, 2.75) is 84.8 Å². The Morgan fingerprint density at radius 1 is 1.24 bits per heavy atom. The van der Waals surface area contributed by atoms with Crippen molar-refractivity contribution in [1.29, 1.82) is 0 Å². The van der Waals surface area contributed by atoms with Gasteiger partial charge in [-0.15, -0.1) is 0 Å². The van der Waals surface area contributed by atoms with Crippen LogP contribution < -0.4 is 16.6 Å². The summed E-state index contributed by atoms with van der Waals surface area (Å²) in [6, 6.07) is 8.34. The topological polar surface area (TPSA) is 102 Å². The number of carbonyl (C=O) groups excluding carboxylic acids is 1. The maximum absolute atomic E-state index is 12.9. The molecule has 1 unspecified atom stereocenters. The summed E-state index contributed by atoms with van der Waals surface area (Å²) in [5.74, 6) is 0.922. The lowest BCUT2D eigenvalue weighted by Crippen LogP contribution is -2.31. The van der Waals surface area contributed by atoms with E-state index >= 15 is 0 Å². The SMILES string of the molecule is CCCCn1c(=O)[nH]c(=O)c2c1nc(CCC(=O)NC1CCCc3ccccc31)n2CC(C)C. The fraction of sp³-hybridized carbons (Fsp3) is 0.538. The molecule has 182 valence electrons. The second-order valence-electron chi connectivity index (χ2n) is 9.68. The summed E-state index contributed by atoms with van der Waals surface area (Å²) in [6.45, 7) is 7.30. The Labute approximate surface area is 199 Å². The number of rotatable bonds is 9. The summed E-state index contributed by atoms with van der Waals surface area (Å²) in [5, 5.41) is 3.20. The lowest BCUT2D eigenvalue weighted by molar-refractivity contribution is -0.121. The van der Waals surface area contributed by atoms with Gasteiger partial charge in [0.1, 0.15) is 5.82 Å². The van der Waals surface area contributed by atoms with Gasteiger partial charge in [-0.1, -0.05) is 51.5 Å². The highest BCUT2D eigenvalue weighted by molar-refractivity contribution is 5.77. The predicted molar refractivity (Wildman–Crippen MR) is 133 cm³/mol. The Balaban J connectivity index is 1.59. The molecular formula is C26H35N5O3. The van der Waals surface area contributed by atoms with Crippen LogP contribution in [-0.4, -0.2) is 25.0 Å². The van der Waals surface area contributed by atoms with E-state index in [1.807, 2.05) is 16.7 Å². The van der Waals surface area contributed by atoms with Crippen molar-refractivity contribution in [3.05, 3.63) is 62.1 Å². The highest BCUT2D eigenvalue weighted by Gasteiger charge is 2.23. The summed E-state index contributed by atoms with van der Waals surface area (Å²) >= 11 is 0. The molecule has 0 aliphatic heterocycles. The maximum Gasteiger partial charge on any atom is 0.330 e. The number of fused-ring (bicyclic) bond motifs is 2. The number of hydrogen-bond donors (Lipinski definition) is 2. The second kappa shape index (κ2) is 10.4. The number of H-pyrrole nitrogens is 1. The highest BCUT2D eigenvalue weighted by atomic mass is 16.2. The Bertz CT molecular complexity index is 1280. The van der Waals surface area contributed by atoms with Crippen LogP contribution in [0, 0.1) is 5.92 Å². The van der Waals surface area contributed by atoms with Crippen LogP contribution in [-0.2, 0) is 30.7 Å². The Hall–Kier alpha value is -3.16. The Kier molecular flexibility index (Phi) is 7.34. The van der Waals surface area contributed by atoms with Crippen LogP contribution in [0.25, 0.3) is 11.2 Å². The number of amides is 1. The number of unbranched alkanes of at least 4 members (excludes halogenated alkanes) is 1. The molecule has 0 spiro atoms. The Morgan fingerprint density at radius 3 is 2.79 bits per heavy atom. The summed E-state index contributed by atoms with van der Waals surface area (Å²) in [5.41, 5.74) is 2.50. The number of aromatic amines is 1. The van der Waals surface area contributed by atoms with E-state index in [1.54, 1.807) is 4.57 Å². The molecule has 0 bridgehead atoms. The molecule has 2 N–H and O–H groups in total.